The molecule has 0 atom stereocenters. The molecule has 1 amide bonds. The second-order valence-corrected chi connectivity index (χ2v) is 3.51. The largest absolute Gasteiger partial charge is 0.272 e. The van der Waals surface area contributed by atoms with Crippen molar-refractivity contribution in [3.8, 4) is 0 Å². The van der Waals surface area contributed by atoms with Crippen molar-refractivity contribution in [2.24, 2.45) is 5.10 Å². The Kier molecular flexibility index (Phi) is 2.76. The molecule has 4 nitrogen and oxygen atoms in total. The third kappa shape index (κ3) is 2.03. The van der Waals surface area contributed by atoms with Crippen LogP contribution in [0.5, 0.6) is 0 Å². The van der Waals surface area contributed by atoms with Crippen LogP contribution in [-0.4, -0.2) is 16.6 Å². The van der Waals surface area contributed by atoms with Crippen molar-refractivity contribution < 1.29 is 4.79 Å². The van der Waals surface area contributed by atoms with E-state index in [-0.39, 0.29) is 5.91 Å². The number of amides is 1. The number of hydrazone groups is 1. The number of rotatable bonds is 3. The molecule has 2 rings (SSSR count). The first-order chi connectivity index (χ1) is 7.31. The lowest BCUT2D eigenvalue weighted by Gasteiger charge is -2.09. The van der Waals surface area contributed by atoms with Crippen LogP contribution < -0.4 is 5.01 Å². The molecule has 0 unspecified atom stereocenters. The second kappa shape index (κ2) is 4.21. The lowest BCUT2D eigenvalue weighted by atomic mass is 10.2. The Morgan fingerprint density at radius 2 is 2.40 bits per heavy atom. The van der Waals surface area contributed by atoms with Gasteiger partial charge in [-0.1, -0.05) is 13.3 Å². The number of pyridine rings is 1. The maximum absolute atomic E-state index is 11.6. The van der Waals surface area contributed by atoms with Crippen LogP contribution >= 0.6 is 0 Å². The molecular formula is C11H13N3O. The Balaban J connectivity index is 2.20. The Morgan fingerprint density at radius 3 is 3.07 bits per heavy atom. The maximum Gasteiger partial charge on any atom is 0.253 e. The Bertz CT molecular complexity index is 386. The molecule has 0 radical (unpaired) electrons. The van der Waals surface area contributed by atoms with E-state index in [9.17, 15) is 4.79 Å². The number of aromatic nitrogens is 1. The fourth-order valence-corrected chi connectivity index (χ4v) is 1.59. The van der Waals surface area contributed by atoms with Gasteiger partial charge in [0.1, 0.15) is 0 Å². The van der Waals surface area contributed by atoms with Gasteiger partial charge in [-0.15, -0.1) is 0 Å². The summed E-state index contributed by atoms with van der Waals surface area (Å²) in [7, 11) is 0. The smallest absolute Gasteiger partial charge is 0.253 e. The van der Waals surface area contributed by atoms with Crippen LogP contribution in [0.1, 0.15) is 26.2 Å². The normalized spacial score (nSPS) is 15.7. The Labute approximate surface area is 88.6 Å². The van der Waals surface area contributed by atoms with E-state index in [0.29, 0.717) is 6.42 Å². The van der Waals surface area contributed by atoms with Crippen LogP contribution in [0.25, 0.3) is 0 Å². The van der Waals surface area contributed by atoms with Crippen LogP contribution in [0.15, 0.2) is 29.6 Å². The van der Waals surface area contributed by atoms with E-state index in [1.165, 1.54) is 5.01 Å². The third-order valence-electron chi connectivity index (χ3n) is 2.26. The monoisotopic (exact) mass is 203 g/mol. The van der Waals surface area contributed by atoms with Gasteiger partial charge in [0.15, 0.2) is 0 Å². The quantitative estimate of drug-likeness (QED) is 0.754. The molecule has 0 spiro atoms. The fraction of sp³-hybridized carbons (Fsp3) is 0.364. The van der Waals surface area contributed by atoms with E-state index in [4.69, 9.17) is 0 Å². The topological polar surface area (TPSA) is 45.6 Å². The molecule has 0 saturated carbocycles. The molecular weight excluding hydrogens is 190 g/mol. The molecule has 0 aromatic carbocycles. The standard InChI is InChI=1S/C11H13N3O/c1-2-4-9-7-11(15)14(13-9)10-5-3-6-12-8-10/h3,5-6,8H,2,4,7H2,1H3. The molecule has 0 aliphatic carbocycles. The first-order valence-electron chi connectivity index (χ1n) is 5.10. The van der Waals surface area contributed by atoms with Crippen molar-refractivity contribution in [2.75, 3.05) is 5.01 Å². The van der Waals surface area contributed by atoms with E-state index in [0.717, 1.165) is 24.2 Å². The summed E-state index contributed by atoms with van der Waals surface area (Å²) >= 11 is 0. The molecule has 0 bridgehead atoms. The van der Waals surface area contributed by atoms with E-state index in [2.05, 4.69) is 17.0 Å². The van der Waals surface area contributed by atoms with E-state index in [1.807, 2.05) is 6.07 Å². The van der Waals surface area contributed by atoms with Gasteiger partial charge < -0.3 is 0 Å². The van der Waals surface area contributed by atoms with E-state index < -0.39 is 0 Å². The highest BCUT2D eigenvalue weighted by Gasteiger charge is 2.24. The summed E-state index contributed by atoms with van der Waals surface area (Å²) in [5, 5.41) is 5.73. The van der Waals surface area contributed by atoms with Crippen molar-refractivity contribution in [3.05, 3.63) is 24.5 Å². The summed E-state index contributed by atoms with van der Waals surface area (Å²) in [6.45, 7) is 2.08. The molecule has 15 heavy (non-hydrogen) atoms. The molecule has 2 heterocycles. The average Bonchev–Trinajstić information content (AvgIpc) is 2.61. The van der Waals surface area contributed by atoms with E-state index >= 15 is 0 Å². The fourth-order valence-electron chi connectivity index (χ4n) is 1.59. The molecule has 0 fully saturated rings. The van der Waals surface area contributed by atoms with Crippen molar-refractivity contribution in [2.45, 2.75) is 26.2 Å². The maximum atomic E-state index is 11.6. The van der Waals surface area contributed by atoms with Gasteiger partial charge >= 0.3 is 0 Å². The second-order valence-electron chi connectivity index (χ2n) is 3.51. The summed E-state index contributed by atoms with van der Waals surface area (Å²) < 4.78 is 0. The lowest BCUT2D eigenvalue weighted by molar-refractivity contribution is -0.116. The lowest BCUT2D eigenvalue weighted by Crippen LogP contribution is -2.19. The molecule has 1 aliphatic heterocycles. The van der Waals surface area contributed by atoms with Gasteiger partial charge in [0.05, 0.1) is 18.3 Å². The highest BCUT2D eigenvalue weighted by Crippen LogP contribution is 2.20. The Hall–Kier alpha value is -1.71. The third-order valence-corrected chi connectivity index (χ3v) is 2.26. The summed E-state index contributed by atoms with van der Waals surface area (Å²) in [5.74, 6) is 0.0338. The first-order valence-corrected chi connectivity index (χ1v) is 5.10. The summed E-state index contributed by atoms with van der Waals surface area (Å²) in [6, 6.07) is 3.64. The summed E-state index contributed by atoms with van der Waals surface area (Å²) in [4.78, 5) is 15.6. The van der Waals surface area contributed by atoms with Gasteiger partial charge in [0.25, 0.3) is 5.91 Å². The minimum Gasteiger partial charge on any atom is -0.272 e. The predicted molar refractivity (Wildman–Crippen MR) is 58.7 cm³/mol. The number of hydrogen-bond donors (Lipinski definition) is 0. The minimum absolute atomic E-state index is 0.0338. The number of carbonyl (C=O) groups excluding carboxylic acids is 1. The Morgan fingerprint density at radius 1 is 1.53 bits per heavy atom. The van der Waals surface area contributed by atoms with Gasteiger partial charge in [0.2, 0.25) is 0 Å². The highest BCUT2D eigenvalue weighted by molar-refractivity contribution is 6.12. The van der Waals surface area contributed by atoms with Crippen molar-refractivity contribution in [1.82, 2.24) is 4.98 Å². The van der Waals surface area contributed by atoms with Crippen LogP contribution in [0, 0.1) is 0 Å². The number of carbonyl (C=O) groups is 1. The van der Waals surface area contributed by atoms with Gasteiger partial charge in [0, 0.05) is 11.9 Å². The average molecular weight is 203 g/mol. The molecule has 0 N–H and O–H groups in total. The highest BCUT2D eigenvalue weighted by atomic mass is 16.2. The molecule has 1 aromatic rings. The molecule has 78 valence electrons. The van der Waals surface area contributed by atoms with Gasteiger partial charge in [-0.2, -0.15) is 10.1 Å². The van der Waals surface area contributed by atoms with Crippen molar-refractivity contribution in [3.63, 3.8) is 0 Å². The number of anilines is 1. The van der Waals surface area contributed by atoms with Crippen LogP contribution in [0.3, 0.4) is 0 Å². The minimum atomic E-state index is 0.0338. The first kappa shape index (κ1) is 9.83. The van der Waals surface area contributed by atoms with Gasteiger partial charge in [-0.3, -0.25) is 9.78 Å². The molecule has 1 aliphatic rings. The summed E-state index contributed by atoms with van der Waals surface area (Å²) in [6.07, 6.45) is 5.69. The zero-order valence-corrected chi connectivity index (χ0v) is 8.68. The molecule has 4 heteroatoms. The van der Waals surface area contributed by atoms with Gasteiger partial charge in [-0.25, -0.2) is 0 Å². The number of nitrogens with zero attached hydrogens (tertiary/aromatic N) is 3. The molecule has 1 aromatic heterocycles. The molecule has 0 saturated heterocycles. The number of hydrogen-bond acceptors (Lipinski definition) is 3. The zero-order valence-electron chi connectivity index (χ0n) is 8.68. The van der Waals surface area contributed by atoms with Crippen LogP contribution in [0.4, 0.5) is 5.69 Å². The van der Waals surface area contributed by atoms with Crippen molar-refractivity contribution >= 4 is 17.3 Å². The zero-order chi connectivity index (χ0) is 10.7. The SMILES string of the molecule is CCCC1=NN(c2cccnc2)C(=O)C1. The van der Waals surface area contributed by atoms with Gasteiger partial charge in [-0.05, 0) is 18.6 Å². The van der Waals surface area contributed by atoms with E-state index in [1.54, 1.807) is 18.5 Å². The van der Waals surface area contributed by atoms with Crippen LogP contribution in [-0.2, 0) is 4.79 Å². The predicted octanol–water partition coefficient (Wildman–Crippen LogP) is 1.97. The van der Waals surface area contributed by atoms with Crippen LogP contribution in [0.2, 0.25) is 0 Å². The van der Waals surface area contributed by atoms with Crippen molar-refractivity contribution in [1.29, 1.82) is 0 Å². The summed E-state index contributed by atoms with van der Waals surface area (Å²) in [5.41, 5.74) is 1.71.